The van der Waals surface area contributed by atoms with E-state index < -0.39 is 5.82 Å². The summed E-state index contributed by atoms with van der Waals surface area (Å²) < 4.78 is 24.1. The second-order valence-electron chi connectivity index (χ2n) is 4.59. The maximum absolute atomic E-state index is 13.1. The Kier molecular flexibility index (Phi) is 5.28. The number of benzene rings is 2. The number of hydrogen-bond donors (Lipinski definition) is 1. The molecule has 0 spiro atoms. The van der Waals surface area contributed by atoms with E-state index in [4.69, 9.17) is 21.1 Å². The molecule has 21 heavy (non-hydrogen) atoms. The topological polar surface area (TPSA) is 30.5 Å². The van der Waals surface area contributed by atoms with Crippen molar-refractivity contribution in [3.05, 3.63) is 53.3 Å². The highest BCUT2D eigenvalue weighted by Crippen LogP contribution is 2.27. The van der Waals surface area contributed by atoms with Gasteiger partial charge in [-0.05, 0) is 37.3 Å². The summed E-state index contributed by atoms with van der Waals surface area (Å²) in [6, 6.07) is 12.0. The minimum absolute atomic E-state index is 0.0925. The Morgan fingerprint density at radius 1 is 1.19 bits per heavy atom. The molecule has 2 aromatic carbocycles. The molecule has 0 aliphatic heterocycles. The van der Waals surface area contributed by atoms with Crippen molar-refractivity contribution in [2.24, 2.45) is 0 Å². The van der Waals surface area contributed by atoms with Gasteiger partial charge in [0.05, 0.1) is 18.7 Å². The van der Waals surface area contributed by atoms with E-state index in [2.05, 4.69) is 5.32 Å². The number of methoxy groups -OCH3 is 1. The van der Waals surface area contributed by atoms with Crippen LogP contribution in [0.25, 0.3) is 0 Å². The van der Waals surface area contributed by atoms with Crippen LogP contribution in [0.15, 0.2) is 42.5 Å². The highest BCUT2D eigenvalue weighted by Gasteiger charge is 2.09. The van der Waals surface area contributed by atoms with Gasteiger partial charge < -0.3 is 14.8 Å². The summed E-state index contributed by atoms with van der Waals surface area (Å²) in [5, 5.41) is 3.25. The molecule has 0 aliphatic rings. The molecule has 2 aromatic rings. The number of rotatable bonds is 6. The molecule has 5 heteroatoms. The number of para-hydroxylation sites is 2. The summed E-state index contributed by atoms with van der Waals surface area (Å²) in [5.74, 6) is 0.946. The van der Waals surface area contributed by atoms with Crippen molar-refractivity contribution in [1.82, 2.24) is 0 Å². The van der Waals surface area contributed by atoms with Gasteiger partial charge in [-0.15, -0.1) is 0 Å². The van der Waals surface area contributed by atoms with Gasteiger partial charge >= 0.3 is 0 Å². The summed E-state index contributed by atoms with van der Waals surface area (Å²) in [6.07, 6.45) is -0.0925. The van der Waals surface area contributed by atoms with Gasteiger partial charge in [0.2, 0.25) is 0 Å². The van der Waals surface area contributed by atoms with Crippen molar-refractivity contribution in [3.8, 4) is 11.5 Å². The normalized spacial score (nSPS) is 11.8. The molecule has 112 valence electrons. The fourth-order valence-corrected chi connectivity index (χ4v) is 2.02. The van der Waals surface area contributed by atoms with Gasteiger partial charge in [0.25, 0.3) is 0 Å². The third-order valence-corrected chi connectivity index (χ3v) is 3.20. The van der Waals surface area contributed by atoms with Crippen LogP contribution in [0.2, 0.25) is 5.02 Å². The highest BCUT2D eigenvalue weighted by atomic mass is 35.5. The van der Waals surface area contributed by atoms with Crippen molar-refractivity contribution < 1.29 is 13.9 Å². The SMILES string of the molecule is COc1ccccc1OC(C)CNc1ccc(F)c(Cl)c1. The number of halogens is 2. The number of ether oxygens (including phenoxy) is 2. The molecule has 0 saturated carbocycles. The molecular formula is C16H17ClFNO2. The molecule has 0 radical (unpaired) electrons. The lowest BCUT2D eigenvalue weighted by molar-refractivity contribution is 0.223. The lowest BCUT2D eigenvalue weighted by atomic mass is 10.3. The molecule has 0 aromatic heterocycles. The summed E-state index contributed by atoms with van der Waals surface area (Å²) in [5.41, 5.74) is 0.747. The lowest BCUT2D eigenvalue weighted by Crippen LogP contribution is -2.22. The van der Waals surface area contributed by atoms with Crippen LogP contribution in [0.3, 0.4) is 0 Å². The van der Waals surface area contributed by atoms with Gasteiger partial charge in [-0.3, -0.25) is 0 Å². The van der Waals surface area contributed by atoms with E-state index in [1.807, 2.05) is 31.2 Å². The smallest absolute Gasteiger partial charge is 0.161 e. The van der Waals surface area contributed by atoms with Crippen LogP contribution in [-0.2, 0) is 0 Å². The maximum Gasteiger partial charge on any atom is 0.161 e. The van der Waals surface area contributed by atoms with Crippen LogP contribution in [-0.4, -0.2) is 19.8 Å². The molecule has 1 unspecified atom stereocenters. The lowest BCUT2D eigenvalue weighted by Gasteiger charge is -2.18. The maximum atomic E-state index is 13.1. The molecule has 0 fully saturated rings. The third-order valence-electron chi connectivity index (χ3n) is 2.91. The Morgan fingerprint density at radius 3 is 2.57 bits per heavy atom. The number of anilines is 1. The molecule has 2 rings (SSSR count). The molecular weight excluding hydrogens is 293 g/mol. The number of hydrogen-bond acceptors (Lipinski definition) is 3. The van der Waals surface area contributed by atoms with Crippen molar-refractivity contribution in [1.29, 1.82) is 0 Å². The molecule has 1 N–H and O–H groups in total. The first-order valence-electron chi connectivity index (χ1n) is 6.58. The van der Waals surface area contributed by atoms with Gasteiger partial charge in [0.1, 0.15) is 11.9 Å². The highest BCUT2D eigenvalue weighted by molar-refractivity contribution is 6.31. The van der Waals surface area contributed by atoms with Gasteiger partial charge in [0.15, 0.2) is 11.5 Å². The Bertz CT molecular complexity index is 607. The Labute approximate surface area is 128 Å². The second-order valence-corrected chi connectivity index (χ2v) is 5.00. The molecule has 0 heterocycles. The zero-order valence-electron chi connectivity index (χ0n) is 11.9. The third kappa shape index (κ3) is 4.26. The fraction of sp³-hybridized carbons (Fsp3) is 0.250. The quantitative estimate of drug-likeness (QED) is 0.859. The van der Waals surface area contributed by atoms with E-state index in [0.717, 1.165) is 5.69 Å². The molecule has 0 amide bonds. The summed E-state index contributed by atoms with van der Waals surface area (Å²) in [6.45, 7) is 2.49. The van der Waals surface area contributed by atoms with Gasteiger partial charge in [-0.2, -0.15) is 0 Å². The Hall–Kier alpha value is -1.94. The van der Waals surface area contributed by atoms with Crippen LogP contribution in [0.5, 0.6) is 11.5 Å². The summed E-state index contributed by atoms with van der Waals surface area (Å²) in [4.78, 5) is 0. The minimum Gasteiger partial charge on any atom is -0.493 e. The van der Waals surface area contributed by atoms with Gasteiger partial charge in [-0.25, -0.2) is 4.39 Å². The summed E-state index contributed by atoms with van der Waals surface area (Å²) >= 11 is 5.74. The van der Waals surface area contributed by atoms with Gasteiger partial charge in [0, 0.05) is 5.69 Å². The first-order chi connectivity index (χ1) is 10.1. The Balaban J connectivity index is 1.92. The monoisotopic (exact) mass is 309 g/mol. The largest absolute Gasteiger partial charge is 0.493 e. The fourth-order valence-electron chi connectivity index (χ4n) is 1.84. The van der Waals surface area contributed by atoms with Gasteiger partial charge in [-0.1, -0.05) is 23.7 Å². The molecule has 0 aliphatic carbocycles. The first-order valence-corrected chi connectivity index (χ1v) is 6.96. The van der Waals surface area contributed by atoms with Crippen molar-refractivity contribution in [3.63, 3.8) is 0 Å². The molecule has 0 saturated heterocycles. The first kappa shape index (κ1) is 15.4. The van der Waals surface area contributed by atoms with Crippen molar-refractivity contribution in [2.45, 2.75) is 13.0 Å². The average Bonchev–Trinajstić information content (AvgIpc) is 2.49. The average molecular weight is 310 g/mol. The van der Waals surface area contributed by atoms with Crippen LogP contribution in [0, 0.1) is 5.82 Å². The predicted octanol–water partition coefficient (Wildman–Crippen LogP) is 4.37. The van der Waals surface area contributed by atoms with Crippen LogP contribution < -0.4 is 14.8 Å². The van der Waals surface area contributed by atoms with Crippen LogP contribution in [0.1, 0.15) is 6.92 Å². The van der Waals surface area contributed by atoms with E-state index in [0.29, 0.717) is 18.0 Å². The van der Waals surface area contributed by atoms with E-state index in [-0.39, 0.29) is 11.1 Å². The predicted molar refractivity (Wildman–Crippen MR) is 83.0 cm³/mol. The second kappa shape index (κ2) is 7.18. The minimum atomic E-state index is -0.430. The standard InChI is InChI=1S/C16H17ClFNO2/c1-11(21-16-6-4-3-5-15(16)20-2)10-19-12-7-8-14(18)13(17)9-12/h3-9,11,19H,10H2,1-2H3. The van der Waals surface area contributed by atoms with Crippen LogP contribution >= 0.6 is 11.6 Å². The zero-order valence-corrected chi connectivity index (χ0v) is 12.7. The Morgan fingerprint density at radius 2 is 1.90 bits per heavy atom. The summed E-state index contributed by atoms with van der Waals surface area (Å²) in [7, 11) is 1.60. The molecule has 0 bridgehead atoms. The van der Waals surface area contributed by atoms with Crippen molar-refractivity contribution >= 4 is 17.3 Å². The number of nitrogens with one attached hydrogen (secondary N) is 1. The van der Waals surface area contributed by atoms with E-state index in [1.165, 1.54) is 6.07 Å². The van der Waals surface area contributed by atoms with E-state index in [1.54, 1.807) is 19.2 Å². The molecule has 1 atom stereocenters. The zero-order chi connectivity index (χ0) is 15.2. The van der Waals surface area contributed by atoms with Crippen molar-refractivity contribution in [2.75, 3.05) is 19.0 Å². The van der Waals surface area contributed by atoms with E-state index >= 15 is 0 Å². The van der Waals surface area contributed by atoms with Crippen LogP contribution in [0.4, 0.5) is 10.1 Å². The van der Waals surface area contributed by atoms with E-state index in [9.17, 15) is 4.39 Å². The molecule has 3 nitrogen and oxygen atoms in total.